The van der Waals surface area contributed by atoms with E-state index in [1.165, 1.54) is 72.8 Å². The molecule has 0 fully saturated rings. The Morgan fingerprint density at radius 3 is 1.11 bits per heavy atom. The molecule has 10 aromatic rings. The summed E-state index contributed by atoms with van der Waals surface area (Å²) in [7, 11) is -0.927. The van der Waals surface area contributed by atoms with Crippen LogP contribution in [-0.4, -0.2) is 22.2 Å². The van der Waals surface area contributed by atoms with Gasteiger partial charge in [0.25, 0.3) is 0 Å². The van der Waals surface area contributed by atoms with Crippen molar-refractivity contribution in [2.75, 3.05) is 0 Å². The van der Waals surface area contributed by atoms with Crippen LogP contribution in [0.1, 0.15) is 26.3 Å². The zero-order chi connectivity index (χ0) is 45.5. The van der Waals surface area contributed by atoms with Crippen molar-refractivity contribution >= 4 is 73.2 Å². The second kappa shape index (κ2) is 19.2. The summed E-state index contributed by atoms with van der Waals surface area (Å²) in [6, 6.07) is 52.6. The van der Waals surface area contributed by atoms with Crippen LogP contribution in [0.15, 0.2) is 188 Å². The van der Waals surface area contributed by atoms with Gasteiger partial charge in [0.15, 0.2) is 28.6 Å². The number of halogens is 5. The first-order chi connectivity index (χ1) is 30.7. The van der Waals surface area contributed by atoms with E-state index in [2.05, 4.69) is 12.1 Å². The van der Waals surface area contributed by atoms with Crippen LogP contribution in [0.25, 0.3) is 50.1 Å². The SMILES string of the molecule is FC(F)(F)c1cccc(-[s+]2c3ccccc3c3ccccc32)c1.Fc1cc(F)cc(-[s+]2c3ccccc3c3ccccc32)c1.O=C(O)c1ccccc1[O-].O=C(O)c1ccccc1[O-]. The number of carbonyl (C=O) groups is 2. The standard InChI is InChI=1S/C19H12F3S.C18H11F2S.2C7H6O3/c20-19(21,22)13-6-5-7-14(12-13)23-17-10-3-1-8-15(17)16-9-2-4-11-18(16)23;19-12-9-13(20)11-14(10-12)21-17-7-3-1-5-15(17)16-6-2-4-8-18(16)21;2*8-6-4-2-1-3-5(6)7(9)10/h1-12H;1-11H;2*1-4,8H,(H,9,10)/q2*+1;;/p-2. The Labute approximate surface area is 367 Å². The Bertz CT molecular complexity index is 3120. The molecule has 2 heterocycles. The summed E-state index contributed by atoms with van der Waals surface area (Å²) in [6.07, 6.45) is -4.32. The van der Waals surface area contributed by atoms with Crippen molar-refractivity contribution in [2.45, 2.75) is 6.18 Å². The van der Waals surface area contributed by atoms with E-state index in [1.807, 2.05) is 84.9 Å². The minimum Gasteiger partial charge on any atom is -0.872 e. The fourth-order valence-electron chi connectivity index (χ4n) is 6.95. The zero-order valence-electron chi connectivity index (χ0n) is 33.1. The zero-order valence-corrected chi connectivity index (χ0v) is 34.8. The molecule has 0 saturated heterocycles. The van der Waals surface area contributed by atoms with Crippen LogP contribution < -0.4 is 10.2 Å². The first-order valence-corrected chi connectivity index (χ1v) is 21.7. The molecular formula is C51H33F5O6S2. The molecule has 320 valence electrons. The molecular weight excluding hydrogens is 868 g/mol. The Morgan fingerprint density at radius 2 is 0.766 bits per heavy atom. The molecule has 6 nitrogen and oxygen atoms in total. The summed E-state index contributed by atoms with van der Waals surface area (Å²) < 4.78 is 70.8. The second-order valence-electron chi connectivity index (χ2n) is 13.8. The van der Waals surface area contributed by atoms with Gasteiger partial charge in [-0.05, 0) is 72.8 Å². The van der Waals surface area contributed by atoms with Gasteiger partial charge >= 0.3 is 18.1 Å². The normalized spacial score (nSPS) is 11.0. The van der Waals surface area contributed by atoms with E-state index in [-0.39, 0.29) is 11.1 Å². The number of carboxylic acid groups (broad SMARTS) is 2. The smallest absolute Gasteiger partial charge is 0.416 e. The number of para-hydroxylation sites is 2. The van der Waals surface area contributed by atoms with Gasteiger partial charge in [-0.25, -0.2) is 18.4 Å². The molecule has 8 aromatic carbocycles. The maximum Gasteiger partial charge on any atom is 0.416 e. The summed E-state index contributed by atoms with van der Waals surface area (Å²) in [5, 5.41) is 42.6. The largest absolute Gasteiger partial charge is 0.872 e. The summed E-state index contributed by atoms with van der Waals surface area (Å²) >= 11 is 0. The molecule has 0 aliphatic heterocycles. The lowest BCUT2D eigenvalue weighted by molar-refractivity contribution is -0.269. The third kappa shape index (κ3) is 9.71. The summed E-state index contributed by atoms with van der Waals surface area (Å²) in [5.41, 5.74) is -0.950. The van der Waals surface area contributed by atoms with Gasteiger partial charge in [0, 0.05) is 66.8 Å². The van der Waals surface area contributed by atoms with Crippen molar-refractivity contribution in [3.8, 4) is 21.3 Å². The number of rotatable bonds is 4. The Hall–Kier alpha value is -7.61. The molecule has 10 rings (SSSR count). The number of thiophene rings is 2. The maximum atomic E-state index is 13.6. The van der Waals surface area contributed by atoms with Crippen LogP contribution in [-0.2, 0) is 6.18 Å². The van der Waals surface area contributed by atoms with Crippen molar-refractivity contribution < 1.29 is 52.0 Å². The quantitative estimate of drug-likeness (QED) is 0.134. The molecule has 2 aromatic heterocycles. The van der Waals surface area contributed by atoms with Crippen molar-refractivity contribution in [3.05, 3.63) is 216 Å². The molecule has 0 radical (unpaired) electrons. The van der Waals surface area contributed by atoms with Crippen molar-refractivity contribution in [3.63, 3.8) is 0 Å². The lowest BCUT2D eigenvalue weighted by atomic mass is 10.2. The summed E-state index contributed by atoms with van der Waals surface area (Å²) in [5.74, 6) is -4.31. The van der Waals surface area contributed by atoms with E-state index in [1.54, 1.807) is 6.07 Å². The third-order valence-corrected chi connectivity index (χ3v) is 14.3. The fraction of sp³-hybridized carbons (Fsp3) is 0.0196. The van der Waals surface area contributed by atoms with Gasteiger partial charge in [-0.1, -0.05) is 102 Å². The molecule has 0 aliphatic rings. The fourth-order valence-corrected chi connectivity index (χ4v) is 11.8. The minimum atomic E-state index is -4.32. The molecule has 64 heavy (non-hydrogen) atoms. The predicted octanol–water partition coefficient (Wildman–Crippen LogP) is 13.7. The van der Waals surface area contributed by atoms with E-state index in [9.17, 15) is 41.8 Å². The molecule has 0 bridgehead atoms. The van der Waals surface area contributed by atoms with Gasteiger partial charge in [0.05, 0.1) is 16.7 Å². The lowest BCUT2D eigenvalue weighted by Gasteiger charge is -2.07. The van der Waals surface area contributed by atoms with Gasteiger partial charge in [-0.15, -0.1) is 0 Å². The minimum absolute atomic E-state index is 0.178. The van der Waals surface area contributed by atoms with Gasteiger partial charge in [0.1, 0.15) is 11.6 Å². The van der Waals surface area contributed by atoms with E-state index in [0.29, 0.717) is 9.79 Å². The van der Waals surface area contributed by atoms with Crippen LogP contribution in [0.3, 0.4) is 0 Å². The van der Waals surface area contributed by atoms with Crippen LogP contribution in [0, 0.1) is 11.6 Å². The number of hydrogen-bond donors (Lipinski definition) is 2. The molecule has 0 spiro atoms. The van der Waals surface area contributed by atoms with Crippen molar-refractivity contribution in [1.82, 2.24) is 0 Å². The number of fused-ring (bicyclic) bond motifs is 6. The van der Waals surface area contributed by atoms with Gasteiger partial charge in [0.2, 0.25) is 0 Å². The summed E-state index contributed by atoms with van der Waals surface area (Å²) in [6.45, 7) is 0. The molecule has 0 unspecified atom stereocenters. The van der Waals surface area contributed by atoms with Crippen molar-refractivity contribution in [2.24, 2.45) is 0 Å². The molecule has 0 amide bonds. The van der Waals surface area contributed by atoms with Crippen LogP contribution >= 0.6 is 20.9 Å². The number of aromatic carboxylic acids is 2. The topological polar surface area (TPSA) is 121 Å². The first kappa shape index (κ1) is 44.4. The van der Waals surface area contributed by atoms with Gasteiger partial charge in [-0.2, -0.15) is 13.2 Å². The van der Waals surface area contributed by atoms with Crippen molar-refractivity contribution in [1.29, 1.82) is 0 Å². The third-order valence-electron chi connectivity index (χ3n) is 9.71. The van der Waals surface area contributed by atoms with Gasteiger partial charge < -0.3 is 20.4 Å². The monoisotopic (exact) mass is 900 g/mol. The average Bonchev–Trinajstić information content (AvgIpc) is 3.80. The number of alkyl halides is 3. The predicted molar refractivity (Wildman–Crippen MR) is 241 cm³/mol. The highest BCUT2D eigenvalue weighted by atomic mass is 32.2. The highest BCUT2D eigenvalue weighted by Crippen LogP contribution is 2.50. The molecule has 0 aliphatic carbocycles. The maximum absolute atomic E-state index is 13.6. The van der Waals surface area contributed by atoms with Crippen LogP contribution in [0.2, 0.25) is 0 Å². The van der Waals surface area contributed by atoms with Crippen LogP contribution in [0.4, 0.5) is 22.0 Å². The van der Waals surface area contributed by atoms with E-state index < -0.39 is 67.8 Å². The van der Waals surface area contributed by atoms with E-state index in [4.69, 9.17) is 10.2 Å². The average molecular weight is 901 g/mol. The first-order valence-electron chi connectivity index (χ1n) is 19.2. The Balaban J connectivity index is 0.000000137. The van der Waals surface area contributed by atoms with Gasteiger partial charge in [-0.3, -0.25) is 0 Å². The molecule has 0 atom stereocenters. The summed E-state index contributed by atoms with van der Waals surface area (Å²) in [4.78, 5) is 21.8. The molecule has 0 saturated carbocycles. The second-order valence-corrected chi connectivity index (χ2v) is 17.8. The molecule has 2 N–H and O–H groups in total. The Morgan fingerprint density at radius 1 is 0.422 bits per heavy atom. The van der Waals surface area contributed by atoms with E-state index in [0.717, 1.165) is 52.5 Å². The number of carboxylic acids is 2. The highest BCUT2D eigenvalue weighted by Gasteiger charge is 2.33. The molecule has 13 heteroatoms. The highest BCUT2D eigenvalue weighted by molar-refractivity contribution is 7.50. The van der Waals surface area contributed by atoms with Crippen LogP contribution in [0.5, 0.6) is 11.5 Å². The van der Waals surface area contributed by atoms with E-state index >= 15 is 0 Å². The lowest BCUT2D eigenvalue weighted by Crippen LogP contribution is -2.04. The number of benzene rings is 8. The number of hydrogen-bond acceptors (Lipinski definition) is 4. The Kier molecular flexibility index (Phi) is 13.3.